The van der Waals surface area contributed by atoms with Crippen LogP contribution in [0.5, 0.6) is 11.5 Å². The molecule has 1 fully saturated rings. The van der Waals surface area contributed by atoms with E-state index in [1.807, 2.05) is 24.3 Å². The summed E-state index contributed by atoms with van der Waals surface area (Å²) >= 11 is 0. The van der Waals surface area contributed by atoms with Crippen molar-refractivity contribution in [2.24, 2.45) is 5.73 Å². The van der Waals surface area contributed by atoms with E-state index in [4.69, 9.17) is 15.2 Å². The molecule has 0 aromatic heterocycles. The first-order chi connectivity index (χ1) is 9.08. The summed E-state index contributed by atoms with van der Waals surface area (Å²) in [5.41, 5.74) is 5.29. The molecule has 5 heteroatoms. The van der Waals surface area contributed by atoms with E-state index in [9.17, 15) is 4.79 Å². The second-order valence-electron chi connectivity index (χ2n) is 5.34. The minimum atomic E-state index is -0.623. The lowest BCUT2D eigenvalue weighted by Crippen LogP contribution is -2.48. The highest BCUT2D eigenvalue weighted by Gasteiger charge is 2.47. The second kappa shape index (κ2) is 4.42. The molecule has 3 rings (SSSR count). The minimum Gasteiger partial charge on any atom is -0.486 e. The molecule has 102 valence electrons. The molecule has 1 aliphatic heterocycles. The van der Waals surface area contributed by atoms with E-state index < -0.39 is 5.54 Å². The van der Waals surface area contributed by atoms with Crippen LogP contribution in [-0.2, 0) is 4.79 Å². The van der Waals surface area contributed by atoms with Crippen molar-refractivity contribution in [2.45, 2.75) is 24.5 Å². The first-order valence-electron chi connectivity index (χ1n) is 6.51. The predicted octanol–water partition coefficient (Wildman–Crippen LogP) is 0.776. The maximum atomic E-state index is 12.1. The van der Waals surface area contributed by atoms with E-state index in [0.29, 0.717) is 13.2 Å². The van der Waals surface area contributed by atoms with E-state index in [1.165, 1.54) is 0 Å². The van der Waals surface area contributed by atoms with E-state index in [1.54, 1.807) is 11.9 Å². The highest BCUT2D eigenvalue weighted by Crippen LogP contribution is 2.34. The van der Waals surface area contributed by atoms with Crippen molar-refractivity contribution >= 4 is 5.91 Å². The van der Waals surface area contributed by atoms with E-state index in [0.717, 1.165) is 24.3 Å². The van der Waals surface area contributed by atoms with Crippen molar-refractivity contribution in [3.63, 3.8) is 0 Å². The average Bonchev–Trinajstić information content (AvgIpc) is 3.17. The normalized spacial score (nSPS) is 22.7. The molecule has 1 amide bonds. The summed E-state index contributed by atoms with van der Waals surface area (Å²) in [6.07, 6.45) is 1.41. The third kappa shape index (κ3) is 2.38. The summed E-state index contributed by atoms with van der Waals surface area (Å²) in [7, 11) is 1.76. The fraction of sp³-hybridized carbons (Fsp3) is 0.500. The third-order valence-corrected chi connectivity index (χ3v) is 3.61. The molecule has 1 unspecified atom stereocenters. The van der Waals surface area contributed by atoms with Gasteiger partial charge in [0.25, 0.3) is 0 Å². The van der Waals surface area contributed by atoms with Gasteiger partial charge in [-0.2, -0.15) is 0 Å². The van der Waals surface area contributed by atoms with Crippen LogP contribution in [0.2, 0.25) is 0 Å². The number of amides is 1. The van der Waals surface area contributed by atoms with Crippen LogP contribution in [0.3, 0.4) is 0 Å². The fourth-order valence-corrected chi connectivity index (χ4v) is 2.27. The maximum Gasteiger partial charge on any atom is 0.242 e. The number of carbonyl (C=O) groups is 1. The van der Waals surface area contributed by atoms with Gasteiger partial charge in [0.2, 0.25) is 5.91 Å². The number of carbonyl (C=O) groups excluding carboxylic acids is 1. The first kappa shape index (κ1) is 12.3. The minimum absolute atomic E-state index is 0.00467. The van der Waals surface area contributed by atoms with Gasteiger partial charge in [0.05, 0.1) is 12.1 Å². The lowest BCUT2D eigenvalue weighted by atomic mass is 10.2. The molecule has 5 nitrogen and oxygen atoms in total. The van der Waals surface area contributed by atoms with Crippen LogP contribution in [0, 0.1) is 0 Å². The van der Waals surface area contributed by atoms with Gasteiger partial charge in [0, 0.05) is 7.05 Å². The number of nitrogens with two attached hydrogens (primary N) is 1. The number of rotatable bonds is 3. The van der Waals surface area contributed by atoms with E-state index in [-0.39, 0.29) is 12.0 Å². The quantitative estimate of drug-likeness (QED) is 0.874. The van der Waals surface area contributed by atoms with Gasteiger partial charge in [-0.05, 0) is 25.0 Å². The molecule has 1 aliphatic carbocycles. The monoisotopic (exact) mass is 262 g/mol. The molecule has 0 radical (unpaired) electrons. The second-order valence-corrected chi connectivity index (χ2v) is 5.34. The van der Waals surface area contributed by atoms with Crippen LogP contribution < -0.4 is 15.2 Å². The largest absolute Gasteiger partial charge is 0.486 e. The predicted molar refractivity (Wildman–Crippen MR) is 70.1 cm³/mol. The topological polar surface area (TPSA) is 64.8 Å². The molecular formula is C14H18N2O3. The molecule has 1 aromatic rings. The van der Waals surface area contributed by atoms with Gasteiger partial charge in [-0.3, -0.25) is 4.79 Å². The van der Waals surface area contributed by atoms with Crippen molar-refractivity contribution < 1.29 is 14.3 Å². The summed E-state index contributed by atoms with van der Waals surface area (Å²) in [6.45, 7) is 0.943. The lowest BCUT2D eigenvalue weighted by molar-refractivity contribution is -0.133. The van der Waals surface area contributed by atoms with Gasteiger partial charge < -0.3 is 20.1 Å². The summed E-state index contributed by atoms with van der Waals surface area (Å²) in [4.78, 5) is 13.7. The Balaban J connectivity index is 1.61. The molecule has 0 spiro atoms. The molecule has 1 heterocycles. The Kier molecular flexibility index (Phi) is 2.86. The number of hydrogen-bond donors (Lipinski definition) is 1. The third-order valence-electron chi connectivity index (χ3n) is 3.61. The smallest absolute Gasteiger partial charge is 0.242 e. The van der Waals surface area contributed by atoms with Gasteiger partial charge in [0.15, 0.2) is 17.6 Å². The Morgan fingerprint density at radius 1 is 1.42 bits per heavy atom. The Hall–Kier alpha value is -1.75. The number of hydrogen-bond acceptors (Lipinski definition) is 4. The zero-order chi connectivity index (χ0) is 13.5. The molecule has 2 aliphatic rings. The molecule has 1 aromatic carbocycles. The van der Waals surface area contributed by atoms with Crippen LogP contribution in [-0.4, -0.2) is 42.6 Å². The number of benzene rings is 1. The highest BCUT2D eigenvalue weighted by atomic mass is 16.6. The van der Waals surface area contributed by atoms with Gasteiger partial charge in [-0.1, -0.05) is 12.1 Å². The first-order valence-corrected chi connectivity index (χ1v) is 6.51. The Morgan fingerprint density at radius 3 is 2.79 bits per heavy atom. The SMILES string of the molecule is CN(CC1COc2ccccc2O1)C(=O)C1(N)CC1. The van der Waals surface area contributed by atoms with Gasteiger partial charge >= 0.3 is 0 Å². The summed E-state index contributed by atoms with van der Waals surface area (Å²) in [5, 5.41) is 0. The van der Waals surface area contributed by atoms with Crippen LogP contribution >= 0.6 is 0 Å². The van der Waals surface area contributed by atoms with Crippen molar-refractivity contribution in [3.05, 3.63) is 24.3 Å². The van der Waals surface area contributed by atoms with Crippen LogP contribution in [0.15, 0.2) is 24.3 Å². The fourth-order valence-electron chi connectivity index (χ4n) is 2.27. The van der Waals surface area contributed by atoms with Gasteiger partial charge in [-0.25, -0.2) is 0 Å². The van der Waals surface area contributed by atoms with E-state index in [2.05, 4.69) is 0 Å². The van der Waals surface area contributed by atoms with Crippen LogP contribution in [0.1, 0.15) is 12.8 Å². The van der Waals surface area contributed by atoms with Crippen molar-refractivity contribution in [2.75, 3.05) is 20.2 Å². The van der Waals surface area contributed by atoms with Crippen molar-refractivity contribution in [3.8, 4) is 11.5 Å². The molecule has 0 saturated heterocycles. The van der Waals surface area contributed by atoms with Crippen LogP contribution in [0.4, 0.5) is 0 Å². The number of ether oxygens (including phenoxy) is 2. The molecule has 2 N–H and O–H groups in total. The standard InChI is InChI=1S/C14H18N2O3/c1-16(13(17)14(15)6-7-14)8-10-9-18-11-4-2-3-5-12(11)19-10/h2-5,10H,6-9,15H2,1H3. The molecule has 1 atom stereocenters. The lowest BCUT2D eigenvalue weighted by Gasteiger charge is -2.30. The zero-order valence-electron chi connectivity index (χ0n) is 11.0. The van der Waals surface area contributed by atoms with Crippen LogP contribution in [0.25, 0.3) is 0 Å². The number of fused-ring (bicyclic) bond motifs is 1. The molecule has 0 bridgehead atoms. The Bertz CT molecular complexity index is 499. The molecular weight excluding hydrogens is 244 g/mol. The number of nitrogens with zero attached hydrogens (tertiary/aromatic N) is 1. The van der Waals surface area contributed by atoms with Crippen molar-refractivity contribution in [1.29, 1.82) is 0 Å². The van der Waals surface area contributed by atoms with Gasteiger partial charge in [-0.15, -0.1) is 0 Å². The molecule has 19 heavy (non-hydrogen) atoms. The highest BCUT2D eigenvalue weighted by molar-refractivity contribution is 5.88. The number of para-hydroxylation sites is 2. The summed E-state index contributed by atoms with van der Waals surface area (Å²) < 4.78 is 11.4. The summed E-state index contributed by atoms with van der Waals surface area (Å²) in [6, 6.07) is 7.55. The Morgan fingerprint density at radius 2 is 2.11 bits per heavy atom. The number of likely N-dealkylation sites (N-methyl/N-ethyl adjacent to an activating group) is 1. The Labute approximate surface area is 112 Å². The molecule has 1 saturated carbocycles. The maximum absolute atomic E-state index is 12.1. The zero-order valence-corrected chi connectivity index (χ0v) is 11.0. The van der Waals surface area contributed by atoms with Crippen molar-refractivity contribution in [1.82, 2.24) is 4.90 Å². The average molecular weight is 262 g/mol. The summed E-state index contributed by atoms with van der Waals surface area (Å²) in [5.74, 6) is 1.48. The van der Waals surface area contributed by atoms with Gasteiger partial charge in [0.1, 0.15) is 6.61 Å². The van der Waals surface area contributed by atoms with E-state index >= 15 is 0 Å².